The molecule has 0 radical (unpaired) electrons. The molecule has 0 aliphatic carbocycles. The first-order valence-corrected chi connectivity index (χ1v) is 11.8. The Hall–Kier alpha value is -2.30. The van der Waals surface area contributed by atoms with Crippen LogP contribution in [0, 0.1) is 12.8 Å². The zero-order valence-corrected chi connectivity index (χ0v) is 17.7. The normalized spacial score (nSPS) is 18.2. The fourth-order valence-corrected chi connectivity index (χ4v) is 6.52. The number of pyridine rings is 1. The van der Waals surface area contributed by atoms with Crippen molar-refractivity contribution < 1.29 is 13.2 Å². The number of piperidine rings is 1. The first kappa shape index (κ1) is 20.0. The molecule has 154 valence electrons. The maximum atomic E-state index is 12.8. The predicted molar refractivity (Wildman–Crippen MR) is 110 cm³/mol. The summed E-state index contributed by atoms with van der Waals surface area (Å²) in [6, 6.07) is 9.13. The van der Waals surface area contributed by atoms with Crippen LogP contribution in [0.15, 0.2) is 40.7 Å². The van der Waals surface area contributed by atoms with E-state index >= 15 is 0 Å². The molecule has 4 heterocycles. The summed E-state index contributed by atoms with van der Waals surface area (Å²) in [6.45, 7) is 2.99. The van der Waals surface area contributed by atoms with Crippen LogP contribution in [0.25, 0.3) is 5.65 Å². The molecule has 1 aliphatic rings. The molecule has 1 fully saturated rings. The van der Waals surface area contributed by atoms with Crippen LogP contribution in [0.4, 0.5) is 0 Å². The summed E-state index contributed by atoms with van der Waals surface area (Å²) in [4.78, 5) is 13.6. The lowest BCUT2D eigenvalue weighted by molar-refractivity contribution is -0.126. The highest BCUT2D eigenvalue weighted by molar-refractivity contribution is 7.91. The molecular weight excluding hydrogens is 410 g/mol. The second-order valence-electron chi connectivity index (χ2n) is 7.15. The van der Waals surface area contributed by atoms with Crippen LogP contribution >= 0.6 is 11.3 Å². The molecule has 0 aromatic carbocycles. The lowest BCUT2D eigenvalue weighted by atomic mass is 9.99. The fraction of sp³-hybridized carbons (Fsp3) is 0.421. The van der Waals surface area contributed by atoms with Crippen molar-refractivity contribution >= 4 is 32.9 Å². The first-order valence-electron chi connectivity index (χ1n) is 9.58. The standard InChI is InChI=1S/C19H23N5O3S2/c1-14-7-8-18(28-14)29(26,27)23-11-4-5-15(13-23)19(25)20-10-9-17-22-21-16-6-2-3-12-24(16)17/h2-3,6-8,12,15H,4-5,9-11,13H2,1H3,(H,20,25). The van der Waals surface area contributed by atoms with Gasteiger partial charge < -0.3 is 5.32 Å². The number of fused-ring (bicyclic) bond motifs is 1. The predicted octanol–water partition coefficient (Wildman–Crippen LogP) is 1.86. The number of nitrogens with one attached hydrogen (secondary N) is 1. The summed E-state index contributed by atoms with van der Waals surface area (Å²) in [6.07, 6.45) is 3.81. The van der Waals surface area contributed by atoms with E-state index in [9.17, 15) is 13.2 Å². The zero-order valence-electron chi connectivity index (χ0n) is 16.1. The third-order valence-corrected chi connectivity index (χ3v) is 8.43. The molecule has 1 N–H and O–H groups in total. The Labute approximate surface area is 173 Å². The highest BCUT2D eigenvalue weighted by atomic mass is 32.2. The van der Waals surface area contributed by atoms with Gasteiger partial charge in [-0.3, -0.25) is 9.20 Å². The molecule has 1 atom stereocenters. The minimum atomic E-state index is -3.54. The molecule has 0 saturated carbocycles. The van der Waals surface area contributed by atoms with Gasteiger partial charge >= 0.3 is 0 Å². The van der Waals surface area contributed by atoms with Gasteiger partial charge in [-0.25, -0.2) is 8.42 Å². The first-order chi connectivity index (χ1) is 13.9. The van der Waals surface area contributed by atoms with E-state index in [-0.39, 0.29) is 18.4 Å². The van der Waals surface area contributed by atoms with Crippen LogP contribution in [0.1, 0.15) is 23.5 Å². The van der Waals surface area contributed by atoms with Gasteiger partial charge in [-0.15, -0.1) is 21.5 Å². The molecule has 3 aromatic rings. The summed E-state index contributed by atoms with van der Waals surface area (Å²) in [5, 5.41) is 11.2. The highest BCUT2D eigenvalue weighted by Crippen LogP contribution is 2.28. The monoisotopic (exact) mass is 433 g/mol. The third-order valence-electron chi connectivity index (χ3n) is 5.10. The second-order valence-corrected chi connectivity index (χ2v) is 10.6. The van der Waals surface area contributed by atoms with Crippen LogP contribution in [0.5, 0.6) is 0 Å². The number of aryl methyl sites for hydroxylation is 1. The van der Waals surface area contributed by atoms with Gasteiger partial charge in [-0.2, -0.15) is 4.31 Å². The number of nitrogens with zero attached hydrogens (tertiary/aromatic N) is 4. The molecule has 1 aliphatic heterocycles. The molecule has 1 unspecified atom stereocenters. The van der Waals surface area contributed by atoms with Gasteiger partial charge in [-0.05, 0) is 44.0 Å². The van der Waals surface area contributed by atoms with Gasteiger partial charge in [0.1, 0.15) is 10.0 Å². The maximum absolute atomic E-state index is 12.8. The van der Waals surface area contributed by atoms with Crippen molar-refractivity contribution in [3.05, 3.63) is 47.2 Å². The minimum absolute atomic E-state index is 0.110. The van der Waals surface area contributed by atoms with E-state index < -0.39 is 10.0 Å². The molecule has 8 nitrogen and oxygen atoms in total. The van der Waals surface area contributed by atoms with Crippen molar-refractivity contribution in [2.24, 2.45) is 5.92 Å². The fourth-order valence-electron chi connectivity index (χ4n) is 3.56. The Bertz CT molecular complexity index is 1120. The molecule has 3 aromatic heterocycles. The van der Waals surface area contributed by atoms with Crippen molar-refractivity contribution in [3.8, 4) is 0 Å². The summed E-state index contributed by atoms with van der Waals surface area (Å²) < 4.78 is 29.4. The van der Waals surface area contributed by atoms with Gasteiger partial charge in [0.2, 0.25) is 5.91 Å². The Morgan fingerprint density at radius 2 is 2.14 bits per heavy atom. The highest BCUT2D eigenvalue weighted by Gasteiger charge is 2.33. The van der Waals surface area contributed by atoms with E-state index in [1.807, 2.05) is 35.7 Å². The number of sulfonamides is 1. The van der Waals surface area contributed by atoms with E-state index in [1.165, 1.54) is 15.6 Å². The number of hydrogen-bond acceptors (Lipinski definition) is 6. The van der Waals surface area contributed by atoms with Crippen LogP contribution < -0.4 is 5.32 Å². The Morgan fingerprint density at radius 3 is 2.93 bits per heavy atom. The largest absolute Gasteiger partial charge is 0.355 e. The molecule has 4 rings (SSSR count). The Balaban J connectivity index is 1.35. The van der Waals surface area contributed by atoms with E-state index in [0.717, 1.165) is 16.3 Å². The Kier molecular flexibility index (Phi) is 5.66. The number of aromatic nitrogens is 3. The van der Waals surface area contributed by atoms with Gasteiger partial charge in [0, 0.05) is 37.1 Å². The number of amides is 1. The number of thiophene rings is 1. The maximum Gasteiger partial charge on any atom is 0.252 e. The van der Waals surface area contributed by atoms with Crippen molar-refractivity contribution in [2.45, 2.75) is 30.4 Å². The van der Waals surface area contributed by atoms with Crippen molar-refractivity contribution in [1.82, 2.24) is 24.2 Å². The van der Waals surface area contributed by atoms with E-state index in [1.54, 1.807) is 12.1 Å². The molecule has 1 amide bonds. The smallest absolute Gasteiger partial charge is 0.252 e. The summed E-state index contributed by atoms with van der Waals surface area (Å²) >= 11 is 1.27. The van der Waals surface area contributed by atoms with Gasteiger partial charge in [0.25, 0.3) is 10.0 Å². The molecule has 10 heteroatoms. The molecule has 0 spiro atoms. The van der Waals surface area contributed by atoms with Gasteiger partial charge in [-0.1, -0.05) is 6.07 Å². The topological polar surface area (TPSA) is 96.7 Å². The summed E-state index contributed by atoms with van der Waals surface area (Å²) in [5.41, 5.74) is 0.769. The van der Waals surface area contributed by atoms with E-state index in [2.05, 4.69) is 15.5 Å². The number of carbonyl (C=O) groups is 1. The van der Waals surface area contributed by atoms with Crippen LogP contribution in [0.2, 0.25) is 0 Å². The average Bonchev–Trinajstić information content (AvgIpc) is 3.35. The van der Waals surface area contributed by atoms with Crippen LogP contribution in [0.3, 0.4) is 0 Å². The summed E-state index contributed by atoms with van der Waals surface area (Å²) in [7, 11) is -3.54. The van der Waals surface area contributed by atoms with Gasteiger partial charge in [0.05, 0.1) is 5.92 Å². The molecule has 29 heavy (non-hydrogen) atoms. The second kappa shape index (κ2) is 8.21. The third kappa shape index (κ3) is 4.19. The van der Waals surface area contributed by atoms with Crippen LogP contribution in [-0.2, 0) is 21.2 Å². The van der Waals surface area contributed by atoms with Crippen molar-refractivity contribution in [1.29, 1.82) is 0 Å². The summed E-state index contributed by atoms with van der Waals surface area (Å²) in [5.74, 6) is 0.331. The van der Waals surface area contributed by atoms with Crippen molar-refractivity contribution in [3.63, 3.8) is 0 Å². The SMILES string of the molecule is Cc1ccc(S(=O)(=O)N2CCCC(C(=O)NCCc3nnc4ccccn34)C2)s1. The van der Waals surface area contributed by atoms with Gasteiger partial charge in [0.15, 0.2) is 5.65 Å². The lowest BCUT2D eigenvalue weighted by Gasteiger charge is -2.30. The Morgan fingerprint density at radius 1 is 1.28 bits per heavy atom. The molecule has 1 saturated heterocycles. The van der Waals surface area contributed by atoms with E-state index in [0.29, 0.717) is 36.6 Å². The van der Waals surface area contributed by atoms with Crippen molar-refractivity contribution in [2.75, 3.05) is 19.6 Å². The number of hydrogen-bond donors (Lipinski definition) is 1. The lowest BCUT2D eigenvalue weighted by Crippen LogP contribution is -2.45. The zero-order chi connectivity index (χ0) is 20.4. The average molecular weight is 434 g/mol. The van der Waals surface area contributed by atoms with E-state index in [4.69, 9.17) is 0 Å². The minimum Gasteiger partial charge on any atom is -0.355 e. The van der Waals surface area contributed by atoms with Crippen LogP contribution in [-0.4, -0.2) is 52.9 Å². The molecular formula is C19H23N5O3S2. The number of rotatable bonds is 6. The molecule has 0 bridgehead atoms. The number of carbonyl (C=O) groups excluding carboxylic acids is 1. The quantitative estimate of drug-likeness (QED) is 0.640.